The van der Waals surface area contributed by atoms with E-state index in [1.54, 1.807) is 0 Å². The van der Waals surface area contributed by atoms with Crippen LogP contribution in [0.4, 0.5) is 0 Å². The molecule has 5 nitrogen and oxygen atoms in total. The molecule has 58 heavy (non-hydrogen) atoms. The van der Waals surface area contributed by atoms with Crippen LogP contribution in [0.3, 0.4) is 0 Å². The molecule has 0 N–H and O–H groups in total. The van der Waals surface area contributed by atoms with Crippen molar-refractivity contribution in [3.8, 4) is 0 Å². The molecule has 0 bridgehead atoms. The molecular formula is C53H84O5. The summed E-state index contributed by atoms with van der Waals surface area (Å²) in [6.07, 6.45) is 66.5. The number of rotatable bonds is 40. The van der Waals surface area contributed by atoms with Crippen LogP contribution in [0.15, 0.2) is 122 Å². The average molecular weight is 801 g/mol. The highest BCUT2D eigenvalue weighted by Gasteiger charge is 2.17. The van der Waals surface area contributed by atoms with Crippen molar-refractivity contribution in [3.63, 3.8) is 0 Å². The van der Waals surface area contributed by atoms with E-state index in [0.29, 0.717) is 13.0 Å². The molecule has 0 radical (unpaired) electrons. The van der Waals surface area contributed by atoms with Crippen LogP contribution in [0.5, 0.6) is 0 Å². The molecule has 0 saturated heterocycles. The Hall–Kier alpha value is -3.70. The largest absolute Gasteiger partial charge is 0.461 e. The molecule has 0 aliphatic heterocycles. The Morgan fingerprint density at radius 3 is 1.34 bits per heavy atom. The molecule has 326 valence electrons. The van der Waals surface area contributed by atoms with Gasteiger partial charge in [0.25, 0.3) is 0 Å². The van der Waals surface area contributed by atoms with Crippen LogP contribution in [0.25, 0.3) is 0 Å². The lowest BCUT2D eigenvalue weighted by molar-refractivity contribution is -0.162. The Morgan fingerprint density at radius 2 is 0.828 bits per heavy atom. The lowest BCUT2D eigenvalue weighted by Gasteiger charge is -2.18. The van der Waals surface area contributed by atoms with Crippen molar-refractivity contribution in [2.24, 2.45) is 0 Å². The second kappa shape index (κ2) is 47.7. The highest BCUT2D eigenvalue weighted by Crippen LogP contribution is 2.11. The van der Waals surface area contributed by atoms with Gasteiger partial charge in [-0.15, -0.1) is 0 Å². The molecule has 0 fully saturated rings. The SMILES string of the molecule is CC/C=C\C/C=C\C/C=C\C/C=C\C/C=C\CC(=O)OCC(COCCCCC/C=C\C/C=C\C/C=C\C/C=C\CC)OC(=O)CCCCCCC/C=C\CCCC. The highest BCUT2D eigenvalue weighted by molar-refractivity contribution is 5.71. The number of esters is 2. The quantitative estimate of drug-likeness (QED) is 0.0351. The van der Waals surface area contributed by atoms with Gasteiger partial charge in [0.2, 0.25) is 0 Å². The number of allylic oxidation sites excluding steroid dienone is 19. The highest BCUT2D eigenvalue weighted by atomic mass is 16.6. The Morgan fingerprint density at radius 1 is 0.414 bits per heavy atom. The third-order valence-electron chi connectivity index (χ3n) is 9.00. The summed E-state index contributed by atoms with van der Waals surface area (Å²) in [7, 11) is 0. The molecule has 0 spiro atoms. The second-order valence-electron chi connectivity index (χ2n) is 14.6. The van der Waals surface area contributed by atoms with Gasteiger partial charge in [-0.05, 0) is 103 Å². The molecule has 5 heteroatoms. The van der Waals surface area contributed by atoms with E-state index in [4.69, 9.17) is 14.2 Å². The normalized spacial score (nSPS) is 13.4. The van der Waals surface area contributed by atoms with Crippen molar-refractivity contribution < 1.29 is 23.8 Å². The molecule has 0 saturated carbocycles. The van der Waals surface area contributed by atoms with E-state index < -0.39 is 6.10 Å². The molecule has 0 aliphatic rings. The van der Waals surface area contributed by atoms with E-state index in [9.17, 15) is 9.59 Å². The minimum Gasteiger partial charge on any atom is -0.461 e. The Bertz CT molecular complexity index is 1220. The van der Waals surface area contributed by atoms with Crippen molar-refractivity contribution in [1.82, 2.24) is 0 Å². The summed E-state index contributed by atoms with van der Waals surface area (Å²) in [5.74, 6) is -0.585. The number of hydrogen-bond donors (Lipinski definition) is 0. The van der Waals surface area contributed by atoms with E-state index in [1.807, 2.05) is 12.2 Å². The maximum absolute atomic E-state index is 12.7. The third kappa shape index (κ3) is 45.0. The van der Waals surface area contributed by atoms with Crippen molar-refractivity contribution in [1.29, 1.82) is 0 Å². The van der Waals surface area contributed by atoms with Gasteiger partial charge in [0.15, 0.2) is 6.10 Å². The van der Waals surface area contributed by atoms with Crippen LogP contribution < -0.4 is 0 Å². The zero-order valence-electron chi connectivity index (χ0n) is 37.3. The first-order valence-electron chi connectivity index (χ1n) is 23.1. The summed E-state index contributed by atoms with van der Waals surface area (Å²) in [6.45, 7) is 7.34. The maximum atomic E-state index is 12.7. The standard InChI is InChI=1S/C53H84O5/c1-4-7-10-13-16-19-22-24-26-28-30-33-36-39-42-45-48-56-49-51(58-53(55)47-44-41-38-35-31-21-18-15-12-9-6-3)50-57-52(54)46-43-40-37-34-32-29-27-25-23-20-17-14-11-8-5-2/h7-8,10-11,15-20,24-27,30,32-34,40,43,51H,4-6,9,12-14,21-23,28-29,31,35-39,41-42,44-50H2,1-3H3/b10-7-,11-8-,18-15-,19-16-,20-17-,26-24-,27-25-,33-30-,34-32-,43-40-. The smallest absolute Gasteiger partial charge is 0.309 e. The van der Waals surface area contributed by atoms with Gasteiger partial charge in [-0.2, -0.15) is 0 Å². The second-order valence-corrected chi connectivity index (χ2v) is 14.6. The minimum atomic E-state index is -0.603. The molecule has 1 atom stereocenters. The first-order valence-corrected chi connectivity index (χ1v) is 23.1. The zero-order valence-corrected chi connectivity index (χ0v) is 37.3. The Kier molecular flexibility index (Phi) is 44.6. The molecule has 0 aromatic heterocycles. The first kappa shape index (κ1) is 54.3. The molecule has 0 heterocycles. The van der Waals surface area contributed by atoms with E-state index in [-0.39, 0.29) is 31.6 Å². The predicted octanol–water partition coefficient (Wildman–Crippen LogP) is 15.4. The number of ether oxygens (including phenoxy) is 3. The van der Waals surface area contributed by atoms with E-state index in [2.05, 4.69) is 130 Å². The van der Waals surface area contributed by atoms with Gasteiger partial charge in [-0.3, -0.25) is 9.59 Å². The average Bonchev–Trinajstić information content (AvgIpc) is 3.22. The van der Waals surface area contributed by atoms with Crippen LogP contribution >= 0.6 is 0 Å². The van der Waals surface area contributed by atoms with Crippen LogP contribution in [-0.2, 0) is 23.8 Å². The van der Waals surface area contributed by atoms with Crippen LogP contribution in [0, 0.1) is 0 Å². The summed E-state index contributed by atoms with van der Waals surface area (Å²) in [5, 5.41) is 0. The number of hydrogen-bond acceptors (Lipinski definition) is 5. The summed E-state index contributed by atoms with van der Waals surface area (Å²) in [6, 6.07) is 0. The van der Waals surface area contributed by atoms with Gasteiger partial charge in [0.05, 0.1) is 13.0 Å². The van der Waals surface area contributed by atoms with E-state index in [1.165, 1.54) is 32.1 Å². The van der Waals surface area contributed by atoms with Gasteiger partial charge in [0.1, 0.15) is 6.61 Å². The maximum Gasteiger partial charge on any atom is 0.309 e. The fraction of sp³-hybridized carbons (Fsp3) is 0.585. The lowest BCUT2D eigenvalue weighted by atomic mass is 10.1. The van der Waals surface area contributed by atoms with Crippen LogP contribution in [0.1, 0.15) is 175 Å². The third-order valence-corrected chi connectivity index (χ3v) is 9.00. The molecule has 0 aromatic rings. The van der Waals surface area contributed by atoms with Gasteiger partial charge in [0, 0.05) is 13.0 Å². The van der Waals surface area contributed by atoms with Gasteiger partial charge in [-0.1, -0.05) is 181 Å². The molecular weight excluding hydrogens is 717 g/mol. The van der Waals surface area contributed by atoms with Crippen LogP contribution in [0.2, 0.25) is 0 Å². The summed E-state index contributed by atoms with van der Waals surface area (Å²) >= 11 is 0. The molecule has 0 aliphatic carbocycles. The molecule has 0 rings (SSSR count). The molecule has 0 aromatic carbocycles. The van der Waals surface area contributed by atoms with Crippen molar-refractivity contribution >= 4 is 11.9 Å². The van der Waals surface area contributed by atoms with Crippen molar-refractivity contribution in [2.45, 2.75) is 181 Å². The fourth-order valence-electron chi connectivity index (χ4n) is 5.61. The number of unbranched alkanes of at least 4 members (excludes halogenated alkanes) is 10. The lowest BCUT2D eigenvalue weighted by Crippen LogP contribution is -2.30. The van der Waals surface area contributed by atoms with Gasteiger partial charge < -0.3 is 14.2 Å². The Balaban J connectivity index is 4.48. The summed E-state index contributed by atoms with van der Waals surface area (Å²) < 4.78 is 17.2. The topological polar surface area (TPSA) is 61.8 Å². The van der Waals surface area contributed by atoms with E-state index >= 15 is 0 Å². The summed E-state index contributed by atoms with van der Waals surface area (Å²) in [5.41, 5.74) is 0. The molecule has 0 amide bonds. The predicted molar refractivity (Wildman–Crippen MR) is 251 cm³/mol. The Labute approximate surface area is 356 Å². The minimum absolute atomic E-state index is 0.00683. The number of carbonyl (C=O) groups excluding carboxylic acids is 2. The van der Waals surface area contributed by atoms with E-state index in [0.717, 1.165) is 109 Å². The first-order chi connectivity index (χ1) is 28.6. The zero-order chi connectivity index (χ0) is 42.1. The van der Waals surface area contributed by atoms with Gasteiger partial charge in [-0.25, -0.2) is 0 Å². The molecule has 1 unspecified atom stereocenters. The monoisotopic (exact) mass is 801 g/mol. The van der Waals surface area contributed by atoms with Gasteiger partial charge >= 0.3 is 11.9 Å². The van der Waals surface area contributed by atoms with Crippen molar-refractivity contribution in [2.75, 3.05) is 19.8 Å². The summed E-state index contributed by atoms with van der Waals surface area (Å²) in [4.78, 5) is 25.2. The van der Waals surface area contributed by atoms with Crippen molar-refractivity contribution in [3.05, 3.63) is 122 Å². The van der Waals surface area contributed by atoms with Crippen LogP contribution in [-0.4, -0.2) is 37.9 Å². The fourth-order valence-corrected chi connectivity index (χ4v) is 5.61. The number of carbonyl (C=O) groups is 2.